The fourth-order valence-electron chi connectivity index (χ4n) is 5.15. The number of carbonyl (C=O) groups is 2. The lowest BCUT2D eigenvalue weighted by molar-refractivity contribution is -0.140. The van der Waals surface area contributed by atoms with Crippen molar-refractivity contribution in [2.24, 2.45) is 5.92 Å². The molecular weight excluding hydrogens is 462 g/mol. The van der Waals surface area contributed by atoms with Crippen LogP contribution in [0.15, 0.2) is 24.3 Å². The van der Waals surface area contributed by atoms with Gasteiger partial charge in [0.1, 0.15) is 0 Å². The summed E-state index contributed by atoms with van der Waals surface area (Å²) in [7, 11) is 1.92. The van der Waals surface area contributed by atoms with Gasteiger partial charge in [-0.1, -0.05) is 56.8 Å². The average Bonchev–Trinajstić information content (AvgIpc) is 3.31. The molecule has 2 amide bonds. The molecule has 0 radical (unpaired) electrons. The molecule has 0 bridgehead atoms. The minimum atomic E-state index is -0.363. The third-order valence-corrected chi connectivity index (χ3v) is 7.63. The van der Waals surface area contributed by atoms with Gasteiger partial charge < -0.3 is 15.5 Å². The summed E-state index contributed by atoms with van der Waals surface area (Å²) in [5, 5.41) is 9.34. The van der Waals surface area contributed by atoms with E-state index in [1.807, 2.05) is 50.2 Å². The lowest BCUT2D eigenvalue weighted by Gasteiger charge is -2.39. The molecule has 2 fully saturated rings. The third kappa shape index (κ3) is 8.17. The number of carbonyl (C=O) groups excluding carboxylic acids is 2. The highest BCUT2D eigenvalue weighted by atomic mass is 35.5. The monoisotopic (exact) mass is 505 g/mol. The minimum Gasteiger partial charge on any atom is -0.335 e. The predicted octanol–water partition coefficient (Wildman–Crippen LogP) is 3.37. The zero-order valence-corrected chi connectivity index (χ0v) is 22.6. The summed E-state index contributed by atoms with van der Waals surface area (Å²) >= 11 is 6.04. The highest BCUT2D eigenvalue weighted by Gasteiger charge is 2.37. The van der Waals surface area contributed by atoms with E-state index in [1.54, 1.807) is 0 Å². The predicted molar refractivity (Wildman–Crippen MR) is 142 cm³/mol. The average molecular weight is 506 g/mol. The van der Waals surface area contributed by atoms with Gasteiger partial charge in [0.2, 0.25) is 5.91 Å². The number of benzene rings is 1. The second-order valence-corrected chi connectivity index (χ2v) is 11.0. The van der Waals surface area contributed by atoms with Gasteiger partial charge in [0, 0.05) is 48.7 Å². The van der Waals surface area contributed by atoms with Gasteiger partial charge in [0.15, 0.2) is 0 Å². The van der Waals surface area contributed by atoms with Crippen LogP contribution in [0.25, 0.3) is 0 Å². The van der Waals surface area contributed by atoms with Crippen molar-refractivity contribution < 1.29 is 9.59 Å². The molecule has 8 heteroatoms. The standard InChI is InChI=1S/C27H44ClN5O2/c1-19(2)27(35)33(23-8-6-5-7-9-23)24-14-15-32(18-24)31-26(34)25(30-17-20(3)29-4)16-21-10-12-22(28)13-11-21/h10-13,19-20,23-25,29-30H,5-9,14-18H2,1-4H3,(H,31,34)/t20?,24-,25+/m0/s1. The van der Waals surface area contributed by atoms with Crippen LogP contribution in [0, 0.1) is 5.92 Å². The molecule has 1 saturated carbocycles. The molecule has 1 aliphatic heterocycles. The number of nitrogens with zero attached hydrogens (tertiary/aromatic N) is 2. The van der Waals surface area contributed by atoms with E-state index in [2.05, 4.69) is 27.9 Å². The number of hydrazine groups is 1. The van der Waals surface area contributed by atoms with Crippen LogP contribution in [0.5, 0.6) is 0 Å². The van der Waals surface area contributed by atoms with Crippen molar-refractivity contribution in [2.45, 2.75) is 89.9 Å². The highest BCUT2D eigenvalue weighted by Crippen LogP contribution is 2.28. The van der Waals surface area contributed by atoms with Crippen molar-refractivity contribution in [1.82, 2.24) is 26.0 Å². The summed E-state index contributed by atoms with van der Waals surface area (Å²) in [6.45, 7) is 8.19. The molecule has 0 spiro atoms. The first-order chi connectivity index (χ1) is 16.8. The highest BCUT2D eigenvalue weighted by molar-refractivity contribution is 6.30. The van der Waals surface area contributed by atoms with Crippen LogP contribution < -0.4 is 16.1 Å². The summed E-state index contributed by atoms with van der Waals surface area (Å²) in [5.41, 5.74) is 4.22. The van der Waals surface area contributed by atoms with Crippen molar-refractivity contribution in [3.8, 4) is 0 Å². The van der Waals surface area contributed by atoms with Crippen LogP contribution in [-0.2, 0) is 16.0 Å². The maximum absolute atomic E-state index is 13.3. The van der Waals surface area contributed by atoms with E-state index in [4.69, 9.17) is 11.6 Å². The zero-order valence-electron chi connectivity index (χ0n) is 21.9. The Morgan fingerprint density at radius 3 is 2.37 bits per heavy atom. The molecule has 1 unspecified atom stereocenters. The fraction of sp³-hybridized carbons (Fsp3) is 0.704. The molecule has 1 aromatic rings. The molecule has 7 nitrogen and oxygen atoms in total. The van der Waals surface area contributed by atoms with E-state index in [0.717, 1.165) is 31.4 Å². The van der Waals surface area contributed by atoms with E-state index >= 15 is 0 Å². The largest absolute Gasteiger partial charge is 0.335 e. The molecule has 3 atom stereocenters. The van der Waals surface area contributed by atoms with Crippen LogP contribution in [0.4, 0.5) is 0 Å². The van der Waals surface area contributed by atoms with Crippen molar-refractivity contribution in [3.05, 3.63) is 34.9 Å². The van der Waals surface area contributed by atoms with E-state index in [9.17, 15) is 9.59 Å². The number of rotatable bonds is 11. The lowest BCUT2D eigenvalue weighted by Crippen LogP contribution is -2.55. The van der Waals surface area contributed by atoms with Crippen molar-refractivity contribution >= 4 is 23.4 Å². The molecule has 1 aromatic carbocycles. The Bertz CT molecular complexity index is 812. The Balaban J connectivity index is 1.64. The number of hydrogen-bond donors (Lipinski definition) is 3. The fourth-order valence-corrected chi connectivity index (χ4v) is 5.28. The summed E-state index contributed by atoms with van der Waals surface area (Å²) in [6.07, 6.45) is 7.32. The summed E-state index contributed by atoms with van der Waals surface area (Å²) in [4.78, 5) is 28.7. The van der Waals surface area contributed by atoms with Gasteiger partial charge in [-0.05, 0) is 57.4 Å². The van der Waals surface area contributed by atoms with E-state index in [1.165, 1.54) is 19.3 Å². The molecule has 0 aromatic heterocycles. The lowest BCUT2D eigenvalue weighted by atomic mass is 9.92. The maximum atomic E-state index is 13.3. The third-order valence-electron chi connectivity index (χ3n) is 7.37. The first kappa shape index (κ1) is 27.9. The van der Waals surface area contributed by atoms with E-state index in [-0.39, 0.29) is 35.9 Å². The number of amides is 2. The van der Waals surface area contributed by atoms with Crippen LogP contribution in [0.1, 0.15) is 64.9 Å². The molecular formula is C27H44ClN5O2. The van der Waals surface area contributed by atoms with Gasteiger partial charge in [0.25, 0.3) is 5.91 Å². The normalized spacial score (nSPS) is 21.1. The Morgan fingerprint density at radius 1 is 1.06 bits per heavy atom. The van der Waals surface area contributed by atoms with Crippen LogP contribution in [-0.4, -0.2) is 72.6 Å². The molecule has 196 valence electrons. The van der Waals surface area contributed by atoms with E-state index in [0.29, 0.717) is 30.6 Å². The van der Waals surface area contributed by atoms with Crippen LogP contribution in [0.2, 0.25) is 5.02 Å². The summed E-state index contributed by atoms with van der Waals surface area (Å²) < 4.78 is 0. The Morgan fingerprint density at radius 2 is 1.74 bits per heavy atom. The van der Waals surface area contributed by atoms with E-state index < -0.39 is 0 Å². The van der Waals surface area contributed by atoms with Gasteiger partial charge in [-0.15, -0.1) is 0 Å². The second-order valence-electron chi connectivity index (χ2n) is 10.5. The van der Waals surface area contributed by atoms with Crippen molar-refractivity contribution in [3.63, 3.8) is 0 Å². The first-order valence-electron chi connectivity index (χ1n) is 13.3. The summed E-state index contributed by atoms with van der Waals surface area (Å²) in [5.74, 6) is 0.199. The Labute approximate surface area is 216 Å². The molecule has 1 saturated heterocycles. The SMILES string of the molecule is CNC(C)CN[C@H](Cc1ccc(Cl)cc1)C(=O)NN1CC[C@H](N(C(=O)C(C)C)C2CCCCC2)C1. The number of hydrogen-bond acceptors (Lipinski definition) is 5. The molecule has 1 heterocycles. The Kier molecular flexibility index (Phi) is 10.8. The number of nitrogens with one attached hydrogen (secondary N) is 3. The van der Waals surface area contributed by atoms with Crippen molar-refractivity contribution in [1.29, 1.82) is 0 Å². The minimum absolute atomic E-state index is 0.0114. The molecule has 1 aliphatic carbocycles. The zero-order chi connectivity index (χ0) is 25.4. The molecule has 35 heavy (non-hydrogen) atoms. The topological polar surface area (TPSA) is 76.7 Å². The molecule has 3 N–H and O–H groups in total. The van der Waals surface area contributed by atoms with Gasteiger partial charge >= 0.3 is 0 Å². The summed E-state index contributed by atoms with van der Waals surface area (Å²) in [6, 6.07) is 8.03. The van der Waals surface area contributed by atoms with Gasteiger partial charge in [-0.2, -0.15) is 0 Å². The molecule has 2 aliphatic rings. The van der Waals surface area contributed by atoms with Crippen LogP contribution in [0.3, 0.4) is 0 Å². The van der Waals surface area contributed by atoms with Gasteiger partial charge in [0.05, 0.1) is 6.04 Å². The molecule has 3 rings (SSSR count). The smallest absolute Gasteiger partial charge is 0.251 e. The quantitative estimate of drug-likeness (QED) is 0.430. The van der Waals surface area contributed by atoms with Crippen LogP contribution >= 0.6 is 11.6 Å². The van der Waals surface area contributed by atoms with Crippen molar-refractivity contribution in [2.75, 3.05) is 26.7 Å². The second kappa shape index (κ2) is 13.6. The van der Waals surface area contributed by atoms with Gasteiger partial charge in [-0.3, -0.25) is 15.0 Å². The van der Waals surface area contributed by atoms with Gasteiger partial charge in [-0.25, -0.2) is 5.01 Å². The number of halogens is 1. The number of likely N-dealkylation sites (N-methyl/N-ethyl adjacent to an activating group) is 1. The first-order valence-corrected chi connectivity index (χ1v) is 13.7. The Hall–Kier alpha value is -1.67. The maximum Gasteiger partial charge on any atom is 0.251 e.